The van der Waals surface area contributed by atoms with Gasteiger partial charge >= 0.3 is 0 Å². The number of methoxy groups -OCH3 is 1. The molecule has 2 fully saturated rings. The number of hydrogen-bond acceptors (Lipinski definition) is 5. The molecule has 0 radical (unpaired) electrons. The van der Waals surface area contributed by atoms with Crippen LogP contribution in [0.25, 0.3) is 0 Å². The van der Waals surface area contributed by atoms with Crippen LogP contribution in [0.5, 0.6) is 0 Å². The molecule has 0 saturated carbocycles. The lowest BCUT2D eigenvalue weighted by atomic mass is 10.0. The van der Waals surface area contributed by atoms with E-state index in [2.05, 4.69) is 5.10 Å². The van der Waals surface area contributed by atoms with E-state index >= 15 is 0 Å². The third-order valence-electron chi connectivity index (χ3n) is 4.49. The lowest BCUT2D eigenvalue weighted by molar-refractivity contribution is -0.138. The van der Waals surface area contributed by atoms with Crippen LogP contribution in [0.15, 0.2) is 18.5 Å². The molecule has 0 unspecified atom stereocenters. The quantitative estimate of drug-likeness (QED) is 0.691. The zero-order valence-electron chi connectivity index (χ0n) is 13.6. The molecule has 0 bridgehead atoms. The van der Waals surface area contributed by atoms with Gasteiger partial charge in [0.25, 0.3) is 0 Å². The Labute approximate surface area is 136 Å². The Kier molecular flexibility index (Phi) is 5.64. The van der Waals surface area contributed by atoms with Crippen molar-refractivity contribution in [2.45, 2.75) is 44.1 Å². The van der Waals surface area contributed by atoms with Crippen molar-refractivity contribution in [3.05, 3.63) is 18.5 Å². The number of amides is 1. The molecule has 1 amide bonds. The van der Waals surface area contributed by atoms with E-state index in [1.54, 1.807) is 13.3 Å². The van der Waals surface area contributed by atoms with Crippen LogP contribution in [0.2, 0.25) is 0 Å². The van der Waals surface area contributed by atoms with Crippen LogP contribution < -0.4 is 0 Å². The SMILES string of the molecule is COCC(=O)N1C[C@@H](OCCCn2cccn2)[C@@H]2OCCC[C@@H]21. The molecule has 7 nitrogen and oxygen atoms in total. The second kappa shape index (κ2) is 7.90. The van der Waals surface area contributed by atoms with Gasteiger partial charge in [-0.2, -0.15) is 5.10 Å². The Morgan fingerprint density at radius 2 is 2.39 bits per heavy atom. The van der Waals surface area contributed by atoms with E-state index in [1.807, 2.05) is 21.8 Å². The highest BCUT2D eigenvalue weighted by atomic mass is 16.5. The Balaban J connectivity index is 1.50. The minimum Gasteiger partial charge on any atom is -0.375 e. The molecule has 0 spiro atoms. The first-order chi connectivity index (χ1) is 11.3. The summed E-state index contributed by atoms with van der Waals surface area (Å²) >= 11 is 0. The molecular weight excluding hydrogens is 298 g/mol. The lowest BCUT2D eigenvalue weighted by Gasteiger charge is -2.32. The van der Waals surface area contributed by atoms with Gasteiger partial charge in [0, 0.05) is 45.8 Å². The second-order valence-corrected chi connectivity index (χ2v) is 6.06. The molecule has 23 heavy (non-hydrogen) atoms. The molecule has 3 atom stereocenters. The highest BCUT2D eigenvalue weighted by Gasteiger charge is 2.46. The Morgan fingerprint density at radius 1 is 1.48 bits per heavy atom. The minimum atomic E-state index is -0.0428. The Hall–Kier alpha value is -1.44. The van der Waals surface area contributed by atoms with Gasteiger partial charge in [-0.05, 0) is 25.3 Å². The van der Waals surface area contributed by atoms with Crippen LogP contribution in [0.1, 0.15) is 19.3 Å². The van der Waals surface area contributed by atoms with Crippen molar-refractivity contribution in [2.75, 3.05) is 33.5 Å². The fourth-order valence-corrected chi connectivity index (χ4v) is 3.44. The van der Waals surface area contributed by atoms with Crippen LogP contribution in [-0.2, 0) is 25.5 Å². The van der Waals surface area contributed by atoms with Gasteiger partial charge in [0.05, 0.1) is 6.04 Å². The maximum atomic E-state index is 12.2. The maximum Gasteiger partial charge on any atom is 0.248 e. The summed E-state index contributed by atoms with van der Waals surface area (Å²) in [6.07, 6.45) is 6.53. The van der Waals surface area contributed by atoms with Gasteiger partial charge in [-0.15, -0.1) is 0 Å². The van der Waals surface area contributed by atoms with Crippen LogP contribution in [0.4, 0.5) is 0 Å². The molecule has 0 N–H and O–H groups in total. The number of fused-ring (bicyclic) bond motifs is 1. The predicted octanol–water partition coefficient (Wildman–Crippen LogP) is 0.695. The van der Waals surface area contributed by atoms with E-state index in [0.29, 0.717) is 13.2 Å². The molecule has 0 aliphatic carbocycles. The summed E-state index contributed by atoms with van der Waals surface area (Å²) in [5, 5.41) is 4.18. The smallest absolute Gasteiger partial charge is 0.248 e. The summed E-state index contributed by atoms with van der Waals surface area (Å²) in [6, 6.07) is 2.04. The standard InChI is InChI=1S/C16H25N3O4/c1-21-12-15(20)19-11-14(16-13(19)5-2-9-23-16)22-10-4-8-18-7-3-6-17-18/h3,6-7,13-14,16H,2,4-5,8-12H2,1H3/t13-,14+,16+/m0/s1. The highest BCUT2D eigenvalue weighted by molar-refractivity contribution is 5.78. The van der Waals surface area contributed by atoms with Crippen molar-refractivity contribution in [3.8, 4) is 0 Å². The highest BCUT2D eigenvalue weighted by Crippen LogP contribution is 2.30. The second-order valence-electron chi connectivity index (χ2n) is 6.06. The number of likely N-dealkylation sites (tertiary alicyclic amines) is 1. The first-order valence-corrected chi connectivity index (χ1v) is 8.28. The van der Waals surface area contributed by atoms with Crippen molar-refractivity contribution in [2.24, 2.45) is 0 Å². The third-order valence-corrected chi connectivity index (χ3v) is 4.49. The van der Waals surface area contributed by atoms with Crippen LogP contribution >= 0.6 is 0 Å². The minimum absolute atomic E-state index is 0.00532. The number of rotatable bonds is 7. The zero-order valence-corrected chi connectivity index (χ0v) is 13.6. The van der Waals surface area contributed by atoms with E-state index in [1.165, 1.54) is 0 Å². The number of aryl methyl sites for hydroxylation is 1. The van der Waals surface area contributed by atoms with Gasteiger partial charge in [0.15, 0.2) is 0 Å². The van der Waals surface area contributed by atoms with Gasteiger partial charge < -0.3 is 19.1 Å². The van der Waals surface area contributed by atoms with Crippen LogP contribution in [-0.4, -0.2) is 72.3 Å². The summed E-state index contributed by atoms with van der Waals surface area (Å²) in [7, 11) is 1.55. The molecule has 1 aromatic rings. The monoisotopic (exact) mass is 323 g/mol. The maximum absolute atomic E-state index is 12.2. The fraction of sp³-hybridized carbons (Fsp3) is 0.750. The van der Waals surface area contributed by atoms with E-state index in [-0.39, 0.29) is 30.8 Å². The van der Waals surface area contributed by atoms with Crippen molar-refractivity contribution in [1.82, 2.24) is 14.7 Å². The van der Waals surface area contributed by atoms with E-state index < -0.39 is 0 Å². The van der Waals surface area contributed by atoms with Gasteiger partial charge in [-0.1, -0.05) is 0 Å². The molecule has 128 valence electrons. The predicted molar refractivity (Wildman–Crippen MR) is 82.9 cm³/mol. The first-order valence-electron chi connectivity index (χ1n) is 8.28. The summed E-state index contributed by atoms with van der Waals surface area (Å²) < 4.78 is 18.8. The number of hydrogen-bond donors (Lipinski definition) is 0. The topological polar surface area (TPSA) is 65.8 Å². The summed E-state index contributed by atoms with van der Waals surface area (Å²) in [6.45, 7) is 2.94. The number of ether oxygens (including phenoxy) is 3. The third kappa shape index (κ3) is 3.91. The molecule has 2 saturated heterocycles. The molecular formula is C16H25N3O4. The first kappa shape index (κ1) is 16.4. The molecule has 2 aliphatic rings. The number of carbonyl (C=O) groups is 1. The van der Waals surface area contributed by atoms with Crippen molar-refractivity contribution >= 4 is 5.91 Å². The molecule has 3 heterocycles. The van der Waals surface area contributed by atoms with Gasteiger partial charge in [0.2, 0.25) is 5.91 Å². The van der Waals surface area contributed by atoms with Crippen molar-refractivity contribution in [3.63, 3.8) is 0 Å². The lowest BCUT2D eigenvalue weighted by Crippen LogP contribution is -2.44. The van der Waals surface area contributed by atoms with Gasteiger partial charge in [-0.25, -0.2) is 0 Å². The summed E-state index contributed by atoms with van der Waals surface area (Å²) in [5.74, 6) is 0.0237. The van der Waals surface area contributed by atoms with Crippen molar-refractivity contribution in [1.29, 1.82) is 0 Å². The Bertz CT molecular complexity index is 494. The molecule has 2 aliphatic heterocycles. The van der Waals surface area contributed by atoms with Gasteiger partial charge in [0.1, 0.15) is 18.8 Å². The van der Waals surface area contributed by atoms with E-state index in [0.717, 1.165) is 32.4 Å². The van der Waals surface area contributed by atoms with Crippen LogP contribution in [0, 0.1) is 0 Å². The van der Waals surface area contributed by atoms with E-state index in [4.69, 9.17) is 14.2 Å². The van der Waals surface area contributed by atoms with Crippen molar-refractivity contribution < 1.29 is 19.0 Å². The molecule has 7 heteroatoms. The number of nitrogens with zero attached hydrogens (tertiary/aromatic N) is 3. The van der Waals surface area contributed by atoms with Crippen LogP contribution in [0.3, 0.4) is 0 Å². The number of carbonyl (C=O) groups excluding carboxylic acids is 1. The van der Waals surface area contributed by atoms with E-state index in [9.17, 15) is 4.79 Å². The largest absolute Gasteiger partial charge is 0.375 e. The molecule has 3 rings (SSSR count). The normalized spacial score (nSPS) is 27.2. The fourth-order valence-electron chi connectivity index (χ4n) is 3.44. The zero-order chi connectivity index (χ0) is 16.1. The number of aromatic nitrogens is 2. The van der Waals surface area contributed by atoms with Gasteiger partial charge in [-0.3, -0.25) is 9.48 Å². The average molecular weight is 323 g/mol. The molecule has 0 aromatic carbocycles. The summed E-state index contributed by atoms with van der Waals surface area (Å²) in [4.78, 5) is 14.1. The molecule has 1 aromatic heterocycles. The summed E-state index contributed by atoms with van der Waals surface area (Å²) in [5.41, 5.74) is 0. The Morgan fingerprint density at radius 3 is 3.17 bits per heavy atom. The average Bonchev–Trinajstić information content (AvgIpc) is 3.20.